The molecule has 1 aromatic heterocycles. The Bertz CT molecular complexity index is 900. The van der Waals surface area contributed by atoms with Crippen molar-refractivity contribution in [3.63, 3.8) is 0 Å². The van der Waals surface area contributed by atoms with Gasteiger partial charge < -0.3 is 4.57 Å². The standard InChI is InChI=1S/C22H21F3N2/c1-2-11-26(14-18-7-10-21(24)22(25)13-18)16-20-4-3-12-27(20)15-17-5-8-19(23)9-6-17/h2-10,12-13H,1,11,14-16H2. The zero-order chi connectivity index (χ0) is 19.2. The summed E-state index contributed by atoms with van der Waals surface area (Å²) in [6.07, 6.45) is 3.76. The van der Waals surface area contributed by atoms with Crippen LogP contribution in [0.5, 0.6) is 0 Å². The minimum atomic E-state index is -0.845. The lowest BCUT2D eigenvalue weighted by molar-refractivity contribution is 0.278. The Balaban J connectivity index is 1.73. The van der Waals surface area contributed by atoms with E-state index in [4.69, 9.17) is 0 Å². The van der Waals surface area contributed by atoms with Crippen molar-refractivity contribution in [1.82, 2.24) is 9.47 Å². The van der Waals surface area contributed by atoms with Crippen LogP contribution in [0.4, 0.5) is 13.2 Å². The summed E-state index contributed by atoms with van der Waals surface area (Å²) in [7, 11) is 0. The number of rotatable bonds is 8. The van der Waals surface area contributed by atoms with Gasteiger partial charge in [0.2, 0.25) is 0 Å². The lowest BCUT2D eigenvalue weighted by atomic mass is 10.2. The highest BCUT2D eigenvalue weighted by atomic mass is 19.2. The molecule has 0 spiro atoms. The van der Waals surface area contributed by atoms with Gasteiger partial charge in [0.15, 0.2) is 11.6 Å². The zero-order valence-corrected chi connectivity index (χ0v) is 14.9. The summed E-state index contributed by atoms with van der Waals surface area (Å²) >= 11 is 0. The smallest absolute Gasteiger partial charge is 0.159 e. The molecular weight excluding hydrogens is 349 g/mol. The van der Waals surface area contributed by atoms with Crippen molar-refractivity contribution in [2.75, 3.05) is 6.54 Å². The molecule has 3 rings (SSSR count). The molecule has 2 nitrogen and oxygen atoms in total. The molecule has 27 heavy (non-hydrogen) atoms. The summed E-state index contributed by atoms with van der Waals surface area (Å²) in [4.78, 5) is 2.09. The maximum atomic E-state index is 13.5. The first-order chi connectivity index (χ1) is 13.0. The van der Waals surface area contributed by atoms with Crippen LogP contribution in [0.1, 0.15) is 16.8 Å². The Morgan fingerprint density at radius 1 is 0.889 bits per heavy atom. The van der Waals surface area contributed by atoms with Crippen LogP contribution in [0.25, 0.3) is 0 Å². The van der Waals surface area contributed by atoms with Gasteiger partial charge in [-0.25, -0.2) is 13.2 Å². The van der Waals surface area contributed by atoms with Crippen molar-refractivity contribution in [3.8, 4) is 0 Å². The molecule has 0 aliphatic heterocycles. The van der Waals surface area contributed by atoms with Gasteiger partial charge in [-0.05, 0) is 47.5 Å². The van der Waals surface area contributed by atoms with Gasteiger partial charge in [0.25, 0.3) is 0 Å². The molecule has 0 atom stereocenters. The highest BCUT2D eigenvalue weighted by molar-refractivity contribution is 5.20. The topological polar surface area (TPSA) is 8.17 Å². The summed E-state index contributed by atoms with van der Waals surface area (Å²) in [5.74, 6) is -1.94. The van der Waals surface area contributed by atoms with Crippen LogP contribution in [-0.2, 0) is 19.6 Å². The third-order valence-electron chi connectivity index (χ3n) is 4.35. The molecule has 5 heteroatoms. The molecule has 0 amide bonds. The van der Waals surface area contributed by atoms with Gasteiger partial charge in [0.1, 0.15) is 5.82 Å². The van der Waals surface area contributed by atoms with Crippen molar-refractivity contribution in [2.45, 2.75) is 19.6 Å². The highest BCUT2D eigenvalue weighted by Crippen LogP contribution is 2.15. The third kappa shape index (κ3) is 5.11. The summed E-state index contributed by atoms with van der Waals surface area (Å²) in [5, 5.41) is 0. The van der Waals surface area contributed by atoms with Gasteiger partial charge in [-0.15, -0.1) is 6.58 Å². The molecule has 0 saturated heterocycles. The van der Waals surface area contributed by atoms with E-state index in [1.165, 1.54) is 18.2 Å². The number of hydrogen-bond acceptors (Lipinski definition) is 1. The first kappa shape index (κ1) is 19.0. The van der Waals surface area contributed by atoms with Gasteiger partial charge in [0.05, 0.1) is 0 Å². The van der Waals surface area contributed by atoms with Crippen molar-refractivity contribution >= 4 is 0 Å². The lowest BCUT2D eigenvalue weighted by Crippen LogP contribution is -2.24. The molecule has 2 aromatic carbocycles. The molecule has 0 unspecified atom stereocenters. The highest BCUT2D eigenvalue weighted by Gasteiger charge is 2.11. The average molecular weight is 370 g/mol. The van der Waals surface area contributed by atoms with Crippen molar-refractivity contribution < 1.29 is 13.2 Å². The van der Waals surface area contributed by atoms with E-state index in [1.54, 1.807) is 24.3 Å². The van der Waals surface area contributed by atoms with Crippen LogP contribution in [0, 0.1) is 17.5 Å². The van der Waals surface area contributed by atoms with E-state index in [0.29, 0.717) is 31.7 Å². The average Bonchev–Trinajstić information content (AvgIpc) is 3.07. The molecule has 1 heterocycles. The fourth-order valence-corrected chi connectivity index (χ4v) is 3.03. The maximum Gasteiger partial charge on any atom is 0.159 e. The zero-order valence-electron chi connectivity index (χ0n) is 14.9. The molecule has 0 saturated carbocycles. The largest absolute Gasteiger partial charge is 0.346 e. The van der Waals surface area contributed by atoms with Crippen molar-refractivity contribution in [1.29, 1.82) is 0 Å². The fourth-order valence-electron chi connectivity index (χ4n) is 3.03. The number of hydrogen-bond donors (Lipinski definition) is 0. The Kier molecular flexibility index (Phi) is 6.14. The van der Waals surface area contributed by atoms with Crippen LogP contribution in [-0.4, -0.2) is 16.0 Å². The minimum Gasteiger partial charge on any atom is -0.346 e. The molecule has 0 fully saturated rings. The van der Waals surface area contributed by atoms with Crippen LogP contribution in [0.15, 0.2) is 73.4 Å². The van der Waals surface area contributed by atoms with E-state index in [-0.39, 0.29) is 5.82 Å². The predicted molar refractivity (Wildman–Crippen MR) is 101 cm³/mol. The van der Waals surface area contributed by atoms with E-state index >= 15 is 0 Å². The summed E-state index contributed by atoms with van der Waals surface area (Å²) in [6.45, 7) is 6.13. The Morgan fingerprint density at radius 3 is 2.33 bits per heavy atom. The van der Waals surface area contributed by atoms with Gasteiger partial charge >= 0.3 is 0 Å². The first-order valence-electron chi connectivity index (χ1n) is 8.71. The number of benzene rings is 2. The Hall–Kier alpha value is -2.79. The maximum absolute atomic E-state index is 13.5. The van der Waals surface area contributed by atoms with Crippen LogP contribution in [0.2, 0.25) is 0 Å². The molecule has 140 valence electrons. The summed E-state index contributed by atoms with van der Waals surface area (Å²) < 4.78 is 41.8. The first-order valence-corrected chi connectivity index (χ1v) is 8.71. The van der Waals surface area contributed by atoms with Gasteiger partial charge in [0, 0.05) is 38.1 Å². The second-order valence-electron chi connectivity index (χ2n) is 6.46. The molecule has 0 aliphatic carbocycles. The van der Waals surface area contributed by atoms with E-state index in [2.05, 4.69) is 16.0 Å². The van der Waals surface area contributed by atoms with E-state index in [0.717, 1.165) is 17.3 Å². The normalized spacial score (nSPS) is 11.1. The molecule has 3 aromatic rings. The van der Waals surface area contributed by atoms with Gasteiger partial charge in [-0.3, -0.25) is 4.90 Å². The minimum absolute atomic E-state index is 0.254. The summed E-state index contributed by atoms with van der Waals surface area (Å²) in [5.41, 5.74) is 2.78. The monoisotopic (exact) mass is 370 g/mol. The van der Waals surface area contributed by atoms with E-state index in [9.17, 15) is 13.2 Å². The predicted octanol–water partition coefficient (Wildman–Crippen LogP) is 5.14. The quantitative estimate of drug-likeness (QED) is 0.498. The Labute approximate surface area is 157 Å². The van der Waals surface area contributed by atoms with E-state index in [1.807, 2.05) is 18.3 Å². The van der Waals surface area contributed by atoms with Crippen molar-refractivity contribution in [3.05, 3.63) is 108 Å². The molecule has 0 N–H and O–H groups in total. The van der Waals surface area contributed by atoms with Crippen molar-refractivity contribution in [2.24, 2.45) is 0 Å². The van der Waals surface area contributed by atoms with E-state index < -0.39 is 11.6 Å². The molecular formula is C22H21F3N2. The third-order valence-corrected chi connectivity index (χ3v) is 4.35. The summed E-state index contributed by atoms with van der Waals surface area (Å²) in [6, 6.07) is 14.4. The second kappa shape index (κ2) is 8.73. The molecule has 0 aliphatic rings. The van der Waals surface area contributed by atoms with Gasteiger partial charge in [-0.1, -0.05) is 24.3 Å². The van der Waals surface area contributed by atoms with Gasteiger partial charge in [-0.2, -0.15) is 0 Å². The van der Waals surface area contributed by atoms with Crippen LogP contribution in [0.3, 0.4) is 0 Å². The van der Waals surface area contributed by atoms with Crippen LogP contribution < -0.4 is 0 Å². The lowest BCUT2D eigenvalue weighted by Gasteiger charge is -2.22. The number of aromatic nitrogens is 1. The molecule has 0 bridgehead atoms. The number of nitrogens with zero attached hydrogens (tertiary/aromatic N) is 2. The SMILES string of the molecule is C=CCN(Cc1ccc(F)c(F)c1)Cc1cccn1Cc1ccc(F)cc1. The fraction of sp³-hybridized carbons (Fsp3) is 0.182. The Morgan fingerprint density at radius 2 is 1.63 bits per heavy atom. The van der Waals surface area contributed by atoms with Crippen LogP contribution >= 0.6 is 0 Å². The second-order valence-corrected chi connectivity index (χ2v) is 6.46. The molecule has 0 radical (unpaired) electrons. The number of halogens is 3.